The van der Waals surface area contributed by atoms with Gasteiger partial charge in [0.15, 0.2) is 0 Å². The van der Waals surface area contributed by atoms with Gasteiger partial charge in [-0.1, -0.05) is 6.07 Å². The van der Waals surface area contributed by atoms with Gasteiger partial charge in [-0.2, -0.15) is 0 Å². The number of nitrogens with one attached hydrogen (secondary N) is 1. The standard InChI is InChI=1S/C9H14N2/c1-7-4-5-9(6-11-7)8(2)10-3/h4-6,8,10H,1-3H3/t8-/m0/s1. The molecule has 0 spiro atoms. The fourth-order valence-electron chi connectivity index (χ4n) is 0.902. The summed E-state index contributed by atoms with van der Waals surface area (Å²) in [6.07, 6.45) is 1.91. The molecule has 0 saturated heterocycles. The van der Waals surface area contributed by atoms with Gasteiger partial charge < -0.3 is 5.32 Å². The highest BCUT2D eigenvalue weighted by Gasteiger charge is 2.00. The molecule has 0 amide bonds. The molecule has 0 aliphatic carbocycles. The van der Waals surface area contributed by atoms with Crippen LogP contribution in [-0.4, -0.2) is 12.0 Å². The van der Waals surface area contributed by atoms with Gasteiger partial charge in [0.05, 0.1) is 0 Å². The van der Waals surface area contributed by atoms with Gasteiger partial charge in [-0.25, -0.2) is 0 Å². The first-order valence-electron chi connectivity index (χ1n) is 3.84. The molecule has 0 fully saturated rings. The Morgan fingerprint density at radius 3 is 2.64 bits per heavy atom. The van der Waals surface area contributed by atoms with Gasteiger partial charge in [-0.15, -0.1) is 0 Å². The lowest BCUT2D eigenvalue weighted by molar-refractivity contribution is 0.649. The number of aromatic nitrogens is 1. The van der Waals surface area contributed by atoms with E-state index in [0.29, 0.717) is 6.04 Å². The molecule has 11 heavy (non-hydrogen) atoms. The van der Waals surface area contributed by atoms with Crippen molar-refractivity contribution < 1.29 is 0 Å². The van der Waals surface area contributed by atoms with E-state index >= 15 is 0 Å². The van der Waals surface area contributed by atoms with Gasteiger partial charge in [0.2, 0.25) is 0 Å². The van der Waals surface area contributed by atoms with Gasteiger partial charge in [0, 0.05) is 17.9 Å². The maximum absolute atomic E-state index is 4.21. The number of rotatable bonds is 2. The SMILES string of the molecule is CN[C@@H](C)c1ccc(C)nc1. The second-order valence-corrected chi connectivity index (χ2v) is 2.74. The average molecular weight is 150 g/mol. The molecule has 0 bridgehead atoms. The lowest BCUT2D eigenvalue weighted by atomic mass is 10.1. The number of hydrogen-bond donors (Lipinski definition) is 1. The van der Waals surface area contributed by atoms with E-state index in [0.717, 1.165) is 5.69 Å². The molecule has 1 heterocycles. The highest BCUT2D eigenvalue weighted by Crippen LogP contribution is 2.09. The Morgan fingerprint density at radius 2 is 2.18 bits per heavy atom. The van der Waals surface area contributed by atoms with Gasteiger partial charge in [0.25, 0.3) is 0 Å². The van der Waals surface area contributed by atoms with Gasteiger partial charge in [-0.3, -0.25) is 4.98 Å². The summed E-state index contributed by atoms with van der Waals surface area (Å²) < 4.78 is 0. The highest BCUT2D eigenvalue weighted by atomic mass is 14.9. The van der Waals surface area contributed by atoms with Crippen molar-refractivity contribution in [1.82, 2.24) is 10.3 Å². The van der Waals surface area contributed by atoms with Crippen LogP contribution in [0.15, 0.2) is 18.3 Å². The van der Waals surface area contributed by atoms with Gasteiger partial charge in [-0.05, 0) is 32.5 Å². The van der Waals surface area contributed by atoms with Crippen LogP contribution >= 0.6 is 0 Å². The van der Waals surface area contributed by atoms with E-state index in [-0.39, 0.29) is 0 Å². The molecular formula is C9H14N2. The van der Waals surface area contributed by atoms with E-state index in [2.05, 4.69) is 23.3 Å². The highest BCUT2D eigenvalue weighted by molar-refractivity contribution is 5.16. The molecule has 60 valence electrons. The topological polar surface area (TPSA) is 24.9 Å². The molecule has 0 radical (unpaired) electrons. The van der Waals surface area contributed by atoms with E-state index < -0.39 is 0 Å². The summed E-state index contributed by atoms with van der Waals surface area (Å²) in [5, 5.41) is 3.16. The van der Waals surface area contributed by atoms with E-state index in [1.54, 1.807) is 0 Å². The third-order valence-electron chi connectivity index (χ3n) is 1.87. The molecule has 0 aliphatic heterocycles. The number of pyridine rings is 1. The van der Waals surface area contributed by atoms with E-state index in [4.69, 9.17) is 0 Å². The maximum Gasteiger partial charge on any atom is 0.0372 e. The average Bonchev–Trinajstić information content (AvgIpc) is 2.05. The summed E-state index contributed by atoms with van der Waals surface area (Å²) in [6.45, 7) is 4.11. The van der Waals surface area contributed by atoms with Crippen LogP contribution in [0.5, 0.6) is 0 Å². The first kappa shape index (κ1) is 8.21. The third-order valence-corrected chi connectivity index (χ3v) is 1.87. The quantitative estimate of drug-likeness (QED) is 0.693. The van der Waals surface area contributed by atoms with E-state index in [1.807, 2.05) is 26.2 Å². The van der Waals surface area contributed by atoms with Crippen molar-refractivity contribution in [2.24, 2.45) is 0 Å². The zero-order valence-electron chi connectivity index (χ0n) is 7.26. The Bertz CT molecular complexity index is 216. The predicted octanol–water partition coefficient (Wildman–Crippen LogP) is 1.67. The Morgan fingerprint density at radius 1 is 1.45 bits per heavy atom. The summed E-state index contributed by atoms with van der Waals surface area (Å²) in [6, 6.07) is 4.52. The summed E-state index contributed by atoms with van der Waals surface area (Å²) >= 11 is 0. The molecule has 2 nitrogen and oxygen atoms in total. The smallest absolute Gasteiger partial charge is 0.0372 e. The second kappa shape index (κ2) is 3.49. The Labute approximate surface area is 67.7 Å². The molecule has 1 aromatic rings. The summed E-state index contributed by atoms with van der Waals surface area (Å²) in [5.41, 5.74) is 2.30. The van der Waals surface area contributed by atoms with Gasteiger partial charge >= 0.3 is 0 Å². The molecule has 0 saturated carbocycles. The fourth-order valence-corrected chi connectivity index (χ4v) is 0.902. The van der Waals surface area contributed by atoms with Crippen molar-refractivity contribution >= 4 is 0 Å². The Balaban J connectivity index is 2.81. The molecule has 2 heteroatoms. The number of aryl methyl sites for hydroxylation is 1. The lowest BCUT2D eigenvalue weighted by Crippen LogP contribution is -2.12. The van der Waals surface area contributed by atoms with Crippen molar-refractivity contribution in [1.29, 1.82) is 0 Å². The molecule has 0 aliphatic rings. The van der Waals surface area contributed by atoms with Crippen LogP contribution in [0.25, 0.3) is 0 Å². The second-order valence-electron chi connectivity index (χ2n) is 2.74. The fraction of sp³-hybridized carbons (Fsp3) is 0.444. The first-order chi connectivity index (χ1) is 5.24. The lowest BCUT2D eigenvalue weighted by Gasteiger charge is -2.09. The van der Waals surface area contributed by atoms with Crippen LogP contribution in [0.4, 0.5) is 0 Å². The van der Waals surface area contributed by atoms with E-state index in [9.17, 15) is 0 Å². The first-order valence-corrected chi connectivity index (χ1v) is 3.84. The van der Waals surface area contributed by atoms with Crippen LogP contribution in [-0.2, 0) is 0 Å². The van der Waals surface area contributed by atoms with Crippen LogP contribution in [0, 0.1) is 6.92 Å². The van der Waals surface area contributed by atoms with Crippen molar-refractivity contribution in [3.05, 3.63) is 29.6 Å². The normalized spacial score (nSPS) is 13.0. The monoisotopic (exact) mass is 150 g/mol. The zero-order chi connectivity index (χ0) is 8.27. The maximum atomic E-state index is 4.21. The summed E-state index contributed by atoms with van der Waals surface area (Å²) in [7, 11) is 1.95. The molecule has 1 rings (SSSR count). The van der Waals surface area contributed by atoms with Crippen molar-refractivity contribution in [3.63, 3.8) is 0 Å². The minimum absolute atomic E-state index is 0.392. The minimum Gasteiger partial charge on any atom is -0.313 e. The van der Waals surface area contributed by atoms with Crippen LogP contribution < -0.4 is 5.32 Å². The Kier molecular flexibility index (Phi) is 2.60. The molecule has 1 aromatic heterocycles. The molecule has 1 N–H and O–H groups in total. The number of nitrogens with zero attached hydrogens (tertiary/aromatic N) is 1. The number of hydrogen-bond acceptors (Lipinski definition) is 2. The largest absolute Gasteiger partial charge is 0.313 e. The Hall–Kier alpha value is -0.890. The van der Waals surface area contributed by atoms with Crippen LogP contribution in [0.2, 0.25) is 0 Å². The summed E-state index contributed by atoms with van der Waals surface area (Å²) in [4.78, 5) is 4.21. The van der Waals surface area contributed by atoms with Crippen molar-refractivity contribution in [2.45, 2.75) is 19.9 Å². The van der Waals surface area contributed by atoms with Gasteiger partial charge in [0.1, 0.15) is 0 Å². The van der Waals surface area contributed by atoms with E-state index in [1.165, 1.54) is 5.56 Å². The zero-order valence-corrected chi connectivity index (χ0v) is 7.26. The van der Waals surface area contributed by atoms with Crippen LogP contribution in [0.1, 0.15) is 24.2 Å². The molecule has 0 aromatic carbocycles. The third kappa shape index (κ3) is 2.02. The molecular weight excluding hydrogens is 136 g/mol. The molecule has 0 unspecified atom stereocenters. The van der Waals surface area contributed by atoms with Crippen molar-refractivity contribution in [3.8, 4) is 0 Å². The van der Waals surface area contributed by atoms with Crippen molar-refractivity contribution in [2.75, 3.05) is 7.05 Å². The predicted molar refractivity (Wildman–Crippen MR) is 46.4 cm³/mol. The minimum atomic E-state index is 0.392. The van der Waals surface area contributed by atoms with Crippen LogP contribution in [0.3, 0.4) is 0 Å². The molecule has 1 atom stereocenters. The summed E-state index contributed by atoms with van der Waals surface area (Å²) in [5.74, 6) is 0.